The second kappa shape index (κ2) is 7.90. The molecule has 0 radical (unpaired) electrons. The van der Waals surface area contributed by atoms with Gasteiger partial charge in [-0.3, -0.25) is 0 Å². The molecule has 1 amide bonds. The van der Waals surface area contributed by atoms with Crippen molar-refractivity contribution < 1.29 is 14.6 Å². The number of nitrogens with zero attached hydrogens (tertiary/aromatic N) is 3. The first-order valence-electron chi connectivity index (χ1n) is 4.69. The molecule has 0 fully saturated rings. The van der Waals surface area contributed by atoms with E-state index in [4.69, 9.17) is 15.4 Å². The highest BCUT2D eigenvalue weighted by Gasteiger charge is 2.10. The third-order valence-electron chi connectivity index (χ3n) is 1.53. The Morgan fingerprint density at radius 3 is 2.87 bits per heavy atom. The average Bonchev–Trinajstić information content (AvgIpc) is 2.10. The van der Waals surface area contributed by atoms with Crippen molar-refractivity contribution in [2.75, 3.05) is 13.1 Å². The number of aliphatic hydroxyl groups excluding tert-OH is 1. The number of ether oxygens (including phenoxy) is 1. The Balaban J connectivity index is 3.59. The fraction of sp³-hybridized carbons (Fsp3) is 0.875. The number of hydrogen-bond donors (Lipinski definition) is 2. The van der Waals surface area contributed by atoms with Crippen LogP contribution in [0.1, 0.15) is 20.3 Å². The number of alkyl carbamates (subject to hydrolysis) is 1. The first kappa shape index (κ1) is 13.5. The predicted octanol–water partition coefficient (Wildman–Crippen LogP) is 1.18. The van der Waals surface area contributed by atoms with Crippen LogP contribution in [0.4, 0.5) is 4.79 Å². The number of carbonyl (C=O) groups excluding carboxylic acids is 1. The van der Waals surface area contributed by atoms with Crippen LogP contribution in [0.5, 0.6) is 0 Å². The number of hydrogen-bond acceptors (Lipinski definition) is 4. The van der Waals surface area contributed by atoms with Gasteiger partial charge in [-0.2, -0.15) is 0 Å². The quantitative estimate of drug-likeness (QED) is 0.301. The molecule has 0 aromatic carbocycles. The Morgan fingerprint density at radius 2 is 2.33 bits per heavy atom. The number of aliphatic hydroxyl groups is 1. The molecule has 0 spiro atoms. The van der Waals surface area contributed by atoms with Crippen LogP contribution in [0, 0.1) is 0 Å². The van der Waals surface area contributed by atoms with E-state index in [1.54, 1.807) is 13.8 Å². The van der Waals surface area contributed by atoms with Crippen molar-refractivity contribution in [3.63, 3.8) is 0 Å². The standard InChI is InChI=1S/C8H16N4O3/c1-6(13)5-7(2)15-8(14)10-3-4-11-12-9/h6-7,13H,3-5H2,1-2H3,(H,10,14). The molecule has 0 saturated heterocycles. The summed E-state index contributed by atoms with van der Waals surface area (Å²) in [6.45, 7) is 3.75. The molecule has 0 aliphatic carbocycles. The topological polar surface area (TPSA) is 107 Å². The van der Waals surface area contributed by atoms with Crippen LogP contribution in [-0.4, -0.2) is 36.5 Å². The fourth-order valence-corrected chi connectivity index (χ4v) is 1.01. The molecule has 7 heteroatoms. The monoisotopic (exact) mass is 216 g/mol. The van der Waals surface area contributed by atoms with E-state index in [1.807, 2.05) is 0 Å². The molecule has 0 aromatic heterocycles. The Morgan fingerprint density at radius 1 is 1.67 bits per heavy atom. The van der Waals surface area contributed by atoms with Crippen LogP contribution < -0.4 is 5.32 Å². The van der Waals surface area contributed by atoms with Gasteiger partial charge < -0.3 is 15.2 Å². The van der Waals surface area contributed by atoms with Gasteiger partial charge in [0.25, 0.3) is 0 Å². The molecule has 15 heavy (non-hydrogen) atoms. The summed E-state index contributed by atoms with van der Waals surface area (Å²) in [7, 11) is 0. The molecule has 0 heterocycles. The van der Waals surface area contributed by atoms with Crippen LogP contribution in [0.2, 0.25) is 0 Å². The third kappa shape index (κ3) is 8.86. The van der Waals surface area contributed by atoms with Crippen molar-refractivity contribution in [3.05, 3.63) is 10.4 Å². The average molecular weight is 216 g/mol. The molecule has 2 atom stereocenters. The van der Waals surface area contributed by atoms with E-state index < -0.39 is 12.2 Å². The SMILES string of the molecule is CC(O)CC(C)OC(=O)NCCN=[N+]=[N-]. The van der Waals surface area contributed by atoms with Gasteiger partial charge in [0.2, 0.25) is 0 Å². The van der Waals surface area contributed by atoms with Gasteiger partial charge in [0.15, 0.2) is 0 Å². The molecule has 0 rings (SSSR count). The maximum Gasteiger partial charge on any atom is 0.407 e. The van der Waals surface area contributed by atoms with Crippen molar-refractivity contribution >= 4 is 6.09 Å². The summed E-state index contributed by atoms with van der Waals surface area (Å²) in [5, 5.41) is 14.7. The highest BCUT2D eigenvalue weighted by Crippen LogP contribution is 2.01. The van der Waals surface area contributed by atoms with E-state index in [0.29, 0.717) is 6.42 Å². The lowest BCUT2D eigenvalue weighted by Gasteiger charge is -2.14. The minimum Gasteiger partial charge on any atom is -0.446 e. The van der Waals surface area contributed by atoms with Crippen LogP contribution in [0.15, 0.2) is 5.11 Å². The van der Waals surface area contributed by atoms with E-state index in [0.717, 1.165) is 0 Å². The van der Waals surface area contributed by atoms with Crippen molar-refractivity contribution in [1.29, 1.82) is 0 Å². The summed E-state index contributed by atoms with van der Waals surface area (Å²) >= 11 is 0. The second-order valence-corrected chi connectivity index (χ2v) is 3.18. The molecule has 0 aromatic rings. The minimum atomic E-state index is -0.573. The summed E-state index contributed by atoms with van der Waals surface area (Å²) in [5.74, 6) is 0. The predicted molar refractivity (Wildman–Crippen MR) is 54.3 cm³/mol. The van der Waals surface area contributed by atoms with Crippen LogP contribution in [-0.2, 0) is 4.74 Å². The molecule has 0 aliphatic heterocycles. The highest BCUT2D eigenvalue weighted by atomic mass is 16.6. The van der Waals surface area contributed by atoms with Gasteiger partial charge in [0, 0.05) is 24.4 Å². The molecule has 0 saturated carbocycles. The largest absolute Gasteiger partial charge is 0.446 e. The summed E-state index contributed by atoms with van der Waals surface area (Å²) < 4.78 is 4.90. The lowest BCUT2D eigenvalue weighted by atomic mass is 10.2. The minimum absolute atomic E-state index is 0.191. The third-order valence-corrected chi connectivity index (χ3v) is 1.53. The fourth-order valence-electron chi connectivity index (χ4n) is 1.01. The zero-order chi connectivity index (χ0) is 11.7. The molecular formula is C8H16N4O3. The molecule has 0 aliphatic rings. The van der Waals surface area contributed by atoms with Gasteiger partial charge in [-0.25, -0.2) is 4.79 Å². The van der Waals surface area contributed by atoms with E-state index in [1.165, 1.54) is 0 Å². The number of azide groups is 1. The van der Waals surface area contributed by atoms with E-state index >= 15 is 0 Å². The van der Waals surface area contributed by atoms with Crippen molar-refractivity contribution in [3.8, 4) is 0 Å². The Kier molecular flexibility index (Phi) is 7.13. The molecular weight excluding hydrogens is 200 g/mol. The number of carbonyl (C=O) groups is 1. The van der Waals surface area contributed by atoms with Crippen molar-refractivity contribution in [2.24, 2.45) is 5.11 Å². The molecule has 2 unspecified atom stereocenters. The lowest BCUT2D eigenvalue weighted by molar-refractivity contribution is 0.0691. The number of nitrogens with one attached hydrogen (secondary N) is 1. The van der Waals surface area contributed by atoms with Crippen LogP contribution in [0.3, 0.4) is 0 Å². The summed E-state index contributed by atoms with van der Waals surface area (Å²) in [4.78, 5) is 13.6. The lowest BCUT2D eigenvalue weighted by Crippen LogP contribution is -2.30. The van der Waals surface area contributed by atoms with E-state index in [9.17, 15) is 4.79 Å². The number of amides is 1. The van der Waals surface area contributed by atoms with E-state index in [-0.39, 0.29) is 19.2 Å². The maximum atomic E-state index is 11.0. The Hall–Kier alpha value is -1.46. The molecule has 0 bridgehead atoms. The first-order valence-corrected chi connectivity index (χ1v) is 4.69. The highest BCUT2D eigenvalue weighted by molar-refractivity contribution is 5.67. The van der Waals surface area contributed by atoms with Gasteiger partial charge in [0.05, 0.1) is 6.10 Å². The van der Waals surface area contributed by atoms with Crippen LogP contribution in [0.25, 0.3) is 10.4 Å². The Bertz CT molecular complexity index is 238. The first-order chi connectivity index (χ1) is 7.06. The molecule has 86 valence electrons. The van der Waals surface area contributed by atoms with Gasteiger partial charge in [-0.15, -0.1) is 0 Å². The van der Waals surface area contributed by atoms with Gasteiger partial charge in [-0.1, -0.05) is 5.11 Å². The summed E-state index contributed by atoms with van der Waals surface area (Å²) in [5.41, 5.74) is 7.96. The van der Waals surface area contributed by atoms with Gasteiger partial charge in [-0.05, 0) is 19.4 Å². The van der Waals surface area contributed by atoms with Crippen LogP contribution >= 0.6 is 0 Å². The van der Waals surface area contributed by atoms with Gasteiger partial charge >= 0.3 is 6.09 Å². The normalized spacial score (nSPS) is 13.5. The molecule has 2 N–H and O–H groups in total. The van der Waals surface area contributed by atoms with Crippen molar-refractivity contribution in [2.45, 2.75) is 32.5 Å². The summed E-state index contributed by atoms with van der Waals surface area (Å²) in [6.07, 6.45) is -1.03. The Labute approximate surface area is 88.0 Å². The molecule has 7 nitrogen and oxygen atoms in total. The van der Waals surface area contributed by atoms with E-state index in [2.05, 4.69) is 15.3 Å². The van der Waals surface area contributed by atoms with Gasteiger partial charge in [0.1, 0.15) is 6.10 Å². The number of rotatable bonds is 6. The maximum absolute atomic E-state index is 11.0. The van der Waals surface area contributed by atoms with Crippen molar-refractivity contribution in [1.82, 2.24) is 5.32 Å². The zero-order valence-corrected chi connectivity index (χ0v) is 8.88. The second-order valence-electron chi connectivity index (χ2n) is 3.18. The smallest absolute Gasteiger partial charge is 0.407 e. The zero-order valence-electron chi connectivity index (χ0n) is 8.88. The summed E-state index contributed by atoms with van der Waals surface area (Å²) in [6, 6.07) is 0.